The van der Waals surface area contributed by atoms with E-state index in [1.165, 1.54) is 5.56 Å². The van der Waals surface area contributed by atoms with Crippen molar-refractivity contribution in [2.45, 2.75) is 12.5 Å². The summed E-state index contributed by atoms with van der Waals surface area (Å²) in [5.41, 5.74) is 7.39. The Morgan fingerprint density at radius 2 is 1.68 bits per heavy atom. The maximum absolute atomic E-state index is 6.11. The van der Waals surface area contributed by atoms with Crippen LogP contribution in [0.4, 0.5) is 0 Å². The van der Waals surface area contributed by atoms with Crippen LogP contribution in [0.25, 0.3) is 0 Å². The Morgan fingerprint density at radius 1 is 1.04 bits per heavy atom. The van der Waals surface area contributed by atoms with Crippen LogP contribution in [-0.4, -0.2) is 88.0 Å². The number of hydrogen-bond donors (Lipinski definition) is 2. The summed E-state index contributed by atoms with van der Waals surface area (Å²) in [6.45, 7) is 9.76. The topological polar surface area (TPSA) is 75.3 Å². The molecule has 158 valence electrons. The molecule has 2 heterocycles. The Kier molecular flexibility index (Phi) is 11.1. The third-order valence-electron chi connectivity index (χ3n) is 5.17. The van der Waals surface area contributed by atoms with Gasteiger partial charge in [0.25, 0.3) is 0 Å². The van der Waals surface area contributed by atoms with E-state index >= 15 is 0 Å². The summed E-state index contributed by atoms with van der Waals surface area (Å²) in [6.07, 6.45) is 1.06. The van der Waals surface area contributed by atoms with Gasteiger partial charge in [-0.3, -0.25) is 14.8 Å². The van der Waals surface area contributed by atoms with Crippen molar-refractivity contribution in [2.75, 3.05) is 72.2 Å². The minimum atomic E-state index is 0. The molecule has 0 aliphatic carbocycles. The molecule has 2 aliphatic heterocycles. The normalized spacial score (nSPS) is 20.4. The molecule has 0 amide bonds. The average Bonchev–Trinajstić information content (AvgIpc) is 2.74. The van der Waals surface area contributed by atoms with E-state index in [2.05, 4.69) is 44.4 Å². The summed E-state index contributed by atoms with van der Waals surface area (Å²) in [5, 5.41) is 3.26. The number of nitrogens with zero attached hydrogens (tertiary/aromatic N) is 3. The van der Waals surface area contributed by atoms with Crippen molar-refractivity contribution in [1.82, 2.24) is 15.1 Å². The predicted octanol–water partition coefficient (Wildman–Crippen LogP) is 1.30. The first kappa shape index (κ1) is 23.3. The molecule has 7 nitrogen and oxygen atoms in total. The van der Waals surface area contributed by atoms with E-state index in [4.69, 9.17) is 15.2 Å². The summed E-state index contributed by atoms with van der Waals surface area (Å²) in [4.78, 5) is 9.50. The van der Waals surface area contributed by atoms with Crippen molar-refractivity contribution in [3.63, 3.8) is 0 Å². The molecule has 28 heavy (non-hydrogen) atoms. The Bertz CT molecular complexity index is 563. The highest BCUT2D eigenvalue weighted by Crippen LogP contribution is 2.22. The lowest BCUT2D eigenvalue weighted by Crippen LogP contribution is -2.41. The Hall–Kier alpha value is -0.940. The van der Waals surface area contributed by atoms with Gasteiger partial charge in [-0.2, -0.15) is 0 Å². The Morgan fingerprint density at radius 3 is 2.36 bits per heavy atom. The van der Waals surface area contributed by atoms with E-state index in [-0.39, 0.29) is 30.0 Å². The van der Waals surface area contributed by atoms with Crippen LogP contribution < -0.4 is 11.1 Å². The van der Waals surface area contributed by atoms with Crippen molar-refractivity contribution >= 4 is 29.9 Å². The largest absolute Gasteiger partial charge is 0.379 e. The third-order valence-corrected chi connectivity index (χ3v) is 5.17. The molecule has 0 bridgehead atoms. The molecule has 2 fully saturated rings. The number of nitrogens with one attached hydrogen (secondary N) is 1. The second-order valence-corrected chi connectivity index (χ2v) is 7.04. The van der Waals surface area contributed by atoms with E-state index in [0.717, 1.165) is 72.1 Å². The smallest absolute Gasteiger partial charge is 0.188 e. The van der Waals surface area contributed by atoms with Gasteiger partial charge in [0.1, 0.15) is 0 Å². The first-order chi connectivity index (χ1) is 13.3. The van der Waals surface area contributed by atoms with Crippen molar-refractivity contribution in [1.29, 1.82) is 0 Å². The summed E-state index contributed by atoms with van der Waals surface area (Å²) in [7, 11) is 0. The average molecular weight is 503 g/mol. The van der Waals surface area contributed by atoms with E-state index in [1.54, 1.807) is 0 Å². The molecule has 1 aromatic carbocycles. The van der Waals surface area contributed by atoms with Gasteiger partial charge in [0, 0.05) is 32.7 Å². The number of hydrogen-bond acceptors (Lipinski definition) is 5. The fourth-order valence-electron chi connectivity index (χ4n) is 3.58. The minimum Gasteiger partial charge on any atom is -0.379 e. The van der Waals surface area contributed by atoms with Gasteiger partial charge in [-0.15, -0.1) is 24.0 Å². The molecule has 0 saturated carbocycles. The van der Waals surface area contributed by atoms with E-state index in [0.29, 0.717) is 12.5 Å². The van der Waals surface area contributed by atoms with Crippen molar-refractivity contribution < 1.29 is 9.47 Å². The van der Waals surface area contributed by atoms with Gasteiger partial charge in [-0.1, -0.05) is 30.3 Å². The lowest BCUT2D eigenvalue weighted by atomic mass is 10.1. The molecule has 2 aliphatic rings. The molecule has 3 rings (SSSR count). The van der Waals surface area contributed by atoms with Crippen LogP contribution in [0.15, 0.2) is 35.3 Å². The standard InChI is InChI=1S/C20H33N5O2.HI/c21-20(22-7-4-8-24-9-13-26-14-10-24)23-17-19(18-5-2-1-3-6-18)25-11-15-27-16-12-25;/h1-3,5-6,19H,4,7-17H2,(H3,21,22,23);1H. The molecule has 0 aromatic heterocycles. The molecule has 1 atom stereocenters. The molecule has 1 aromatic rings. The van der Waals surface area contributed by atoms with Gasteiger partial charge in [0.2, 0.25) is 0 Å². The quantitative estimate of drug-likeness (QED) is 0.241. The van der Waals surface area contributed by atoms with Crippen LogP contribution in [0.1, 0.15) is 18.0 Å². The molecule has 2 saturated heterocycles. The number of rotatable bonds is 8. The Balaban J connectivity index is 0.00000280. The molecule has 0 radical (unpaired) electrons. The summed E-state index contributed by atoms with van der Waals surface area (Å²) < 4.78 is 10.9. The fraction of sp³-hybridized carbons (Fsp3) is 0.650. The van der Waals surface area contributed by atoms with Gasteiger partial charge < -0.3 is 20.5 Å². The summed E-state index contributed by atoms with van der Waals surface area (Å²) in [5.74, 6) is 0.533. The minimum absolute atomic E-state index is 0. The van der Waals surface area contributed by atoms with Crippen molar-refractivity contribution in [3.05, 3.63) is 35.9 Å². The van der Waals surface area contributed by atoms with E-state index in [1.807, 2.05) is 6.07 Å². The number of guanidine groups is 1. The second kappa shape index (κ2) is 13.3. The van der Waals surface area contributed by atoms with E-state index < -0.39 is 0 Å². The summed E-state index contributed by atoms with van der Waals surface area (Å²) in [6, 6.07) is 10.8. The molecular weight excluding hydrogens is 469 g/mol. The van der Waals surface area contributed by atoms with Crippen LogP contribution in [0.2, 0.25) is 0 Å². The number of halogens is 1. The molecule has 1 unspecified atom stereocenters. The highest BCUT2D eigenvalue weighted by molar-refractivity contribution is 14.0. The zero-order valence-corrected chi connectivity index (χ0v) is 18.9. The monoisotopic (exact) mass is 503 g/mol. The second-order valence-electron chi connectivity index (χ2n) is 7.04. The van der Waals surface area contributed by atoms with Crippen molar-refractivity contribution in [3.8, 4) is 0 Å². The van der Waals surface area contributed by atoms with Crippen LogP contribution in [0.5, 0.6) is 0 Å². The van der Waals surface area contributed by atoms with Crippen LogP contribution in [0.3, 0.4) is 0 Å². The predicted molar refractivity (Wildman–Crippen MR) is 123 cm³/mol. The zero-order chi connectivity index (χ0) is 18.7. The fourth-order valence-corrected chi connectivity index (χ4v) is 3.58. The van der Waals surface area contributed by atoms with Gasteiger partial charge in [-0.25, -0.2) is 0 Å². The number of nitrogens with two attached hydrogens (primary N) is 1. The number of aliphatic imine (C=N–C) groups is 1. The highest BCUT2D eigenvalue weighted by atomic mass is 127. The molecule has 0 spiro atoms. The maximum atomic E-state index is 6.11. The number of benzene rings is 1. The number of ether oxygens (including phenoxy) is 2. The van der Waals surface area contributed by atoms with Gasteiger partial charge in [0.05, 0.1) is 39.0 Å². The lowest BCUT2D eigenvalue weighted by molar-refractivity contribution is 0.0180. The number of morpholine rings is 2. The van der Waals surface area contributed by atoms with Gasteiger partial charge >= 0.3 is 0 Å². The zero-order valence-electron chi connectivity index (χ0n) is 16.6. The Labute approximate surface area is 185 Å². The van der Waals surface area contributed by atoms with Crippen LogP contribution >= 0.6 is 24.0 Å². The first-order valence-corrected chi connectivity index (χ1v) is 10.0. The van der Waals surface area contributed by atoms with Gasteiger partial charge in [-0.05, 0) is 18.5 Å². The molecular formula is C20H34IN5O2. The lowest BCUT2D eigenvalue weighted by Gasteiger charge is -2.34. The highest BCUT2D eigenvalue weighted by Gasteiger charge is 2.22. The van der Waals surface area contributed by atoms with E-state index in [9.17, 15) is 0 Å². The molecule has 3 N–H and O–H groups in total. The SMILES string of the molecule is I.NC(=NCC(c1ccccc1)N1CCOCC1)NCCCN1CCOCC1. The van der Waals surface area contributed by atoms with Gasteiger partial charge in [0.15, 0.2) is 5.96 Å². The third kappa shape index (κ3) is 7.82. The maximum Gasteiger partial charge on any atom is 0.188 e. The molecule has 8 heteroatoms. The first-order valence-electron chi connectivity index (χ1n) is 10.0. The van der Waals surface area contributed by atoms with Crippen LogP contribution in [0, 0.1) is 0 Å². The van der Waals surface area contributed by atoms with Crippen LogP contribution in [-0.2, 0) is 9.47 Å². The van der Waals surface area contributed by atoms with Crippen molar-refractivity contribution in [2.24, 2.45) is 10.7 Å². The summed E-state index contributed by atoms with van der Waals surface area (Å²) >= 11 is 0.